The van der Waals surface area contributed by atoms with E-state index in [-0.39, 0.29) is 18.0 Å². The summed E-state index contributed by atoms with van der Waals surface area (Å²) in [6, 6.07) is 4.47. The highest BCUT2D eigenvalue weighted by molar-refractivity contribution is 5.38. The highest BCUT2D eigenvalue weighted by atomic mass is 19.1. The van der Waals surface area contributed by atoms with E-state index >= 15 is 0 Å². The minimum Gasteiger partial charge on any atom is -0.490 e. The van der Waals surface area contributed by atoms with Crippen LogP contribution in [0.25, 0.3) is 0 Å². The lowest BCUT2D eigenvalue weighted by Crippen LogP contribution is -2.34. The van der Waals surface area contributed by atoms with Gasteiger partial charge in [0, 0.05) is 18.0 Å². The van der Waals surface area contributed by atoms with E-state index in [1.807, 2.05) is 0 Å². The molecule has 16 heavy (non-hydrogen) atoms. The van der Waals surface area contributed by atoms with Gasteiger partial charge in [-0.1, -0.05) is 20.3 Å². The van der Waals surface area contributed by atoms with Gasteiger partial charge in [-0.15, -0.1) is 0 Å². The normalized spacial score (nSPS) is 25.8. The van der Waals surface area contributed by atoms with Crippen LogP contribution in [0.4, 0.5) is 4.39 Å². The smallest absolute Gasteiger partial charge is 0.124 e. The van der Waals surface area contributed by atoms with Crippen LogP contribution in [0.1, 0.15) is 38.3 Å². The maximum atomic E-state index is 13.1. The first-order chi connectivity index (χ1) is 7.61. The van der Waals surface area contributed by atoms with Crippen molar-refractivity contribution in [3.05, 3.63) is 29.6 Å². The second kappa shape index (κ2) is 4.42. The van der Waals surface area contributed by atoms with E-state index in [0.29, 0.717) is 5.92 Å². The third-order valence-corrected chi connectivity index (χ3v) is 3.41. The molecule has 1 aliphatic rings. The van der Waals surface area contributed by atoms with Crippen LogP contribution in [0.15, 0.2) is 18.2 Å². The van der Waals surface area contributed by atoms with E-state index in [1.54, 1.807) is 6.07 Å². The maximum Gasteiger partial charge on any atom is 0.124 e. The zero-order chi connectivity index (χ0) is 11.7. The Labute approximate surface area is 95.6 Å². The monoisotopic (exact) mass is 223 g/mol. The van der Waals surface area contributed by atoms with Gasteiger partial charge >= 0.3 is 0 Å². The fourth-order valence-electron chi connectivity index (χ4n) is 2.12. The zero-order valence-electron chi connectivity index (χ0n) is 9.74. The third-order valence-electron chi connectivity index (χ3n) is 3.41. The molecule has 2 unspecified atom stereocenters. The number of ether oxygens (including phenoxy) is 1. The molecule has 0 amide bonds. The summed E-state index contributed by atoms with van der Waals surface area (Å²) in [7, 11) is 0. The molecule has 1 aromatic rings. The fourth-order valence-corrected chi connectivity index (χ4v) is 2.12. The van der Waals surface area contributed by atoms with Crippen LogP contribution in [-0.2, 0) is 0 Å². The molecule has 2 N–H and O–H groups in total. The molecule has 0 bridgehead atoms. The Morgan fingerprint density at radius 3 is 3.00 bits per heavy atom. The van der Waals surface area contributed by atoms with Crippen LogP contribution < -0.4 is 10.5 Å². The molecule has 3 heteroatoms. The minimum absolute atomic E-state index is 0.113. The van der Waals surface area contributed by atoms with Crippen molar-refractivity contribution in [3.63, 3.8) is 0 Å². The standard InChI is InChI=1S/C13H18FNO/c1-3-8(2)13-7-11(15)10-6-9(14)4-5-12(10)16-13/h4-6,8,11,13H,3,7,15H2,1-2H3/t8?,11-,13?/m1/s1. The number of hydrogen-bond acceptors (Lipinski definition) is 2. The lowest BCUT2D eigenvalue weighted by Gasteiger charge is -2.33. The second-order valence-corrected chi connectivity index (χ2v) is 4.57. The summed E-state index contributed by atoms with van der Waals surface area (Å²) >= 11 is 0. The number of hydrogen-bond donors (Lipinski definition) is 1. The summed E-state index contributed by atoms with van der Waals surface area (Å²) in [5.74, 6) is 0.967. The van der Waals surface area contributed by atoms with Crippen LogP contribution in [0.3, 0.4) is 0 Å². The van der Waals surface area contributed by atoms with Gasteiger partial charge in [-0.3, -0.25) is 0 Å². The number of rotatable bonds is 2. The Morgan fingerprint density at radius 2 is 2.31 bits per heavy atom. The molecule has 0 radical (unpaired) electrons. The van der Waals surface area contributed by atoms with Crippen LogP contribution in [0.5, 0.6) is 5.75 Å². The summed E-state index contributed by atoms with van der Waals surface area (Å²) in [4.78, 5) is 0. The van der Waals surface area contributed by atoms with E-state index in [0.717, 1.165) is 24.2 Å². The van der Waals surface area contributed by atoms with Gasteiger partial charge in [0.25, 0.3) is 0 Å². The third kappa shape index (κ3) is 2.05. The van der Waals surface area contributed by atoms with Crippen molar-refractivity contribution in [1.82, 2.24) is 0 Å². The molecule has 88 valence electrons. The Bertz CT molecular complexity index is 380. The second-order valence-electron chi connectivity index (χ2n) is 4.57. The molecular formula is C13H18FNO. The van der Waals surface area contributed by atoms with E-state index in [4.69, 9.17) is 10.5 Å². The molecule has 0 aliphatic carbocycles. The molecule has 0 saturated carbocycles. The molecule has 0 saturated heterocycles. The number of nitrogens with two attached hydrogens (primary N) is 1. The van der Waals surface area contributed by atoms with Crippen molar-refractivity contribution < 1.29 is 9.13 Å². The quantitative estimate of drug-likeness (QED) is 0.836. The Morgan fingerprint density at radius 1 is 1.56 bits per heavy atom. The predicted octanol–water partition coefficient (Wildman–Crippen LogP) is 3.02. The lowest BCUT2D eigenvalue weighted by molar-refractivity contribution is 0.105. The van der Waals surface area contributed by atoms with Gasteiger partial charge in [-0.05, 0) is 24.1 Å². The number of halogens is 1. The van der Waals surface area contributed by atoms with E-state index < -0.39 is 0 Å². The van der Waals surface area contributed by atoms with Gasteiger partial charge in [0.15, 0.2) is 0 Å². The maximum absolute atomic E-state index is 13.1. The van der Waals surface area contributed by atoms with E-state index in [1.165, 1.54) is 12.1 Å². The first kappa shape index (κ1) is 11.4. The molecule has 1 aliphatic heterocycles. The van der Waals surface area contributed by atoms with Crippen molar-refractivity contribution in [2.75, 3.05) is 0 Å². The molecule has 0 spiro atoms. The largest absolute Gasteiger partial charge is 0.490 e. The molecule has 2 nitrogen and oxygen atoms in total. The van der Waals surface area contributed by atoms with Gasteiger partial charge in [-0.25, -0.2) is 4.39 Å². The number of benzene rings is 1. The molecule has 2 rings (SSSR count). The first-order valence-corrected chi connectivity index (χ1v) is 5.83. The topological polar surface area (TPSA) is 35.2 Å². The molecule has 0 fully saturated rings. The highest BCUT2D eigenvalue weighted by Gasteiger charge is 2.29. The summed E-state index contributed by atoms with van der Waals surface area (Å²) in [6.45, 7) is 4.30. The van der Waals surface area contributed by atoms with Crippen molar-refractivity contribution in [2.24, 2.45) is 11.7 Å². The van der Waals surface area contributed by atoms with Crippen molar-refractivity contribution in [3.8, 4) is 5.75 Å². The van der Waals surface area contributed by atoms with E-state index in [9.17, 15) is 4.39 Å². The first-order valence-electron chi connectivity index (χ1n) is 5.83. The van der Waals surface area contributed by atoms with Gasteiger partial charge in [-0.2, -0.15) is 0 Å². The van der Waals surface area contributed by atoms with Gasteiger partial charge in [0.2, 0.25) is 0 Å². The van der Waals surface area contributed by atoms with Crippen LogP contribution in [0.2, 0.25) is 0 Å². The Kier molecular flexibility index (Phi) is 3.15. The van der Waals surface area contributed by atoms with Crippen molar-refractivity contribution in [2.45, 2.75) is 38.8 Å². The summed E-state index contributed by atoms with van der Waals surface area (Å²) in [5, 5.41) is 0. The molecule has 1 aromatic carbocycles. The van der Waals surface area contributed by atoms with Gasteiger partial charge in [0.05, 0.1) is 0 Å². The van der Waals surface area contributed by atoms with E-state index in [2.05, 4.69) is 13.8 Å². The summed E-state index contributed by atoms with van der Waals surface area (Å²) in [6.07, 6.45) is 1.98. The molecule has 0 aromatic heterocycles. The zero-order valence-corrected chi connectivity index (χ0v) is 9.74. The number of fused-ring (bicyclic) bond motifs is 1. The Hall–Kier alpha value is -1.09. The van der Waals surface area contributed by atoms with Crippen LogP contribution in [-0.4, -0.2) is 6.10 Å². The predicted molar refractivity (Wildman–Crippen MR) is 61.8 cm³/mol. The summed E-state index contributed by atoms with van der Waals surface area (Å²) in [5.41, 5.74) is 6.84. The lowest BCUT2D eigenvalue weighted by atomic mass is 9.90. The SMILES string of the molecule is CCC(C)C1C[C@@H](N)c2cc(F)ccc2O1. The average molecular weight is 223 g/mol. The van der Waals surface area contributed by atoms with Gasteiger partial charge in [0.1, 0.15) is 17.7 Å². The average Bonchev–Trinajstić information content (AvgIpc) is 2.28. The van der Waals surface area contributed by atoms with Crippen LogP contribution >= 0.6 is 0 Å². The minimum atomic E-state index is -0.250. The van der Waals surface area contributed by atoms with Crippen LogP contribution in [0, 0.1) is 11.7 Å². The van der Waals surface area contributed by atoms with Crippen molar-refractivity contribution in [1.29, 1.82) is 0 Å². The molecule has 3 atom stereocenters. The van der Waals surface area contributed by atoms with Crippen molar-refractivity contribution >= 4 is 0 Å². The molecular weight excluding hydrogens is 205 g/mol. The fraction of sp³-hybridized carbons (Fsp3) is 0.538. The van der Waals surface area contributed by atoms with Gasteiger partial charge < -0.3 is 10.5 Å². The molecule has 1 heterocycles. The summed E-state index contributed by atoms with van der Waals surface area (Å²) < 4.78 is 18.9. The highest BCUT2D eigenvalue weighted by Crippen LogP contribution is 2.36. The Balaban J connectivity index is 2.26.